The Labute approximate surface area is 112 Å². The maximum absolute atomic E-state index is 5.87. The topological polar surface area (TPSA) is 50.9 Å². The third-order valence-corrected chi connectivity index (χ3v) is 3.17. The molecule has 0 saturated heterocycles. The second-order valence-electron chi connectivity index (χ2n) is 4.43. The summed E-state index contributed by atoms with van der Waals surface area (Å²) in [4.78, 5) is 4.24. The Balaban J connectivity index is 1.88. The number of nitrogens with zero attached hydrogens (tertiary/aromatic N) is 1. The van der Waals surface area contributed by atoms with Crippen LogP contribution in [-0.4, -0.2) is 4.98 Å². The third-order valence-electron chi connectivity index (χ3n) is 3.17. The van der Waals surface area contributed by atoms with Gasteiger partial charge in [-0.15, -0.1) is 0 Å². The summed E-state index contributed by atoms with van der Waals surface area (Å²) < 4.78 is 0. The lowest BCUT2D eigenvalue weighted by Crippen LogP contribution is -2.04. The fourth-order valence-electron chi connectivity index (χ4n) is 2.19. The van der Waals surface area contributed by atoms with E-state index in [1.165, 1.54) is 16.3 Å². The molecular weight excluding hydrogens is 234 g/mol. The number of pyridine rings is 1. The summed E-state index contributed by atoms with van der Waals surface area (Å²) in [6.45, 7) is 0.711. The summed E-state index contributed by atoms with van der Waals surface area (Å²) in [7, 11) is 0. The quantitative estimate of drug-likeness (QED) is 0.747. The molecule has 2 aromatic carbocycles. The summed E-state index contributed by atoms with van der Waals surface area (Å²) in [6, 6.07) is 18.3. The number of anilines is 2. The summed E-state index contributed by atoms with van der Waals surface area (Å²) >= 11 is 0. The van der Waals surface area contributed by atoms with Crippen molar-refractivity contribution in [3.8, 4) is 0 Å². The normalized spacial score (nSPS) is 10.5. The van der Waals surface area contributed by atoms with E-state index >= 15 is 0 Å². The van der Waals surface area contributed by atoms with Crippen molar-refractivity contribution in [1.29, 1.82) is 0 Å². The van der Waals surface area contributed by atoms with Crippen LogP contribution in [0.1, 0.15) is 5.56 Å². The van der Waals surface area contributed by atoms with Crippen LogP contribution in [0, 0.1) is 0 Å². The fraction of sp³-hybridized carbons (Fsp3) is 0.0625. The van der Waals surface area contributed by atoms with Gasteiger partial charge in [-0.1, -0.05) is 42.5 Å². The zero-order chi connectivity index (χ0) is 13.1. The molecule has 0 aliphatic heterocycles. The van der Waals surface area contributed by atoms with Gasteiger partial charge >= 0.3 is 0 Å². The van der Waals surface area contributed by atoms with Crippen molar-refractivity contribution in [3.63, 3.8) is 0 Å². The first kappa shape index (κ1) is 11.5. The summed E-state index contributed by atoms with van der Waals surface area (Å²) in [5, 5.41) is 5.79. The molecule has 0 aliphatic rings. The van der Waals surface area contributed by atoms with E-state index < -0.39 is 0 Å². The molecule has 0 radical (unpaired) electrons. The second kappa shape index (κ2) is 4.98. The van der Waals surface area contributed by atoms with Crippen LogP contribution in [0.2, 0.25) is 0 Å². The average molecular weight is 249 g/mol. The fourth-order valence-corrected chi connectivity index (χ4v) is 2.19. The van der Waals surface area contributed by atoms with Crippen molar-refractivity contribution in [3.05, 3.63) is 66.4 Å². The van der Waals surface area contributed by atoms with Crippen LogP contribution < -0.4 is 11.1 Å². The van der Waals surface area contributed by atoms with Crippen molar-refractivity contribution < 1.29 is 0 Å². The van der Waals surface area contributed by atoms with Crippen LogP contribution in [-0.2, 0) is 6.54 Å². The van der Waals surface area contributed by atoms with Crippen LogP contribution in [0.25, 0.3) is 10.8 Å². The Morgan fingerprint density at radius 3 is 2.68 bits per heavy atom. The van der Waals surface area contributed by atoms with Crippen LogP contribution in [0.5, 0.6) is 0 Å². The molecular formula is C16H15N3. The Bertz CT molecular complexity index is 702. The maximum atomic E-state index is 5.87. The van der Waals surface area contributed by atoms with E-state index in [0.29, 0.717) is 12.2 Å². The SMILES string of the molecule is Nc1cccnc1NCc1cccc2ccccc12. The molecule has 0 unspecified atom stereocenters. The molecule has 0 spiro atoms. The molecule has 0 atom stereocenters. The van der Waals surface area contributed by atoms with Crippen molar-refractivity contribution in [1.82, 2.24) is 4.98 Å². The lowest BCUT2D eigenvalue weighted by molar-refractivity contribution is 1.13. The highest BCUT2D eigenvalue weighted by Crippen LogP contribution is 2.20. The van der Waals surface area contributed by atoms with Gasteiger partial charge in [-0.2, -0.15) is 0 Å². The molecule has 94 valence electrons. The van der Waals surface area contributed by atoms with Crippen LogP contribution in [0.3, 0.4) is 0 Å². The maximum Gasteiger partial charge on any atom is 0.149 e. The molecule has 3 nitrogen and oxygen atoms in total. The first-order valence-electron chi connectivity index (χ1n) is 6.25. The molecule has 0 amide bonds. The minimum absolute atomic E-state index is 0.669. The van der Waals surface area contributed by atoms with Crippen LogP contribution >= 0.6 is 0 Å². The van der Waals surface area contributed by atoms with E-state index in [-0.39, 0.29) is 0 Å². The van der Waals surface area contributed by atoms with Gasteiger partial charge in [0.2, 0.25) is 0 Å². The monoisotopic (exact) mass is 249 g/mol. The molecule has 3 aromatic rings. The molecule has 3 heteroatoms. The lowest BCUT2D eigenvalue weighted by Gasteiger charge is -2.10. The molecule has 3 rings (SSSR count). The van der Waals surface area contributed by atoms with Gasteiger partial charge < -0.3 is 11.1 Å². The number of nitrogen functional groups attached to an aromatic ring is 1. The van der Waals surface area contributed by atoms with Crippen molar-refractivity contribution in [2.75, 3.05) is 11.1 Å². The Morgan fingerprint density at radius 1 is 0.947 bits per heavy atom. The molecule has 19 heavy (non-hydrogen) atoms. The van der Waals surface area contributed by atoms with E-state index in [1.54, 1.807) is 6.20 Å². The van der Waals surface area contributed by atoms with Crippen molar-refractivity contribution >= 4 is 22.3 Å². The average Bonchev–Trinajstić information content (AvgIpc) is 2.46. The molecule has 0 fully saturated rings. The number of fused-ring (bicyclic) bond motifs is 1. The first-order chi connectivity index (χ1) is 9.34. The summed E-state index contributed by atoms with van der Waals surface area (Å²) in [6.07, 6.45) is 1.74. The number of hydrogen-bond acceptors (Lipinski definition) is 3. The van der Waals surface area contributed by atoms with Gasteiger partial charge in [-0.25, -0.2) is 4.98 Å². The number of nitrogens with two attached hydrogens (primary N) is 1. The zero-order valence-electron chi connectivity index (χ0n) is 10.5. The number of hydrogen-bond donors (Lipinski definition) is 2. The molecule has 0 saturated carbocycles. The minimum atomic E-state index is 0.669. The van der Waals surface area contributed by atoms with Gasteiger partial charge in [-0.05, 0) is 28.5 Å². The smallest absolute Gasteiger partial charge is 0.149 e. The van der Waals surface area contributed by atoms with E-state index in [4.69, 9.17) is 5.73 Å². The highest BCUT2D eigenvalue weighted by atomic mass is 15.0. The summed E-state index contributed by atoms with van der Waals surface area (Å²) in [5.74, 6) is 0.732. The Kier molecular flexibility index (Phi) is 3.02. The predicted octanol–water partition coefficient (Wildman–Crippen LogP) is 3.43. The van der Waals surface area contributed by atoms with E-state index in [0.717, 1.165) is 5.82 Å². The van der Waals surface area contributed by atoms with Gasteiger partial charge in [0.05, 0.1) is 5.69 Å². The summed E-state index contributed by atoms with van der Waals surface area (Å²) in [5.41, 5.74) is 7.78. The molecule has 0 aliphatic carbocycles. The molecule has 1 aromatic heterocycles. The Morgan fingerprint density at radius 2 is 1.79 bits per heavy atom. The zero-order valence-corrected chi connectivity index (χ0v) is 10.5. The number of aromatic nitrogens is 1. The molecule has 3 N–H and O–H groups in total. The van der Waals surface area contributed by atoms with E-state index in [2.05, 4.69) is 52.8 Å². The number of nitrogens with one attached hydrogen (secondary N) is 1. The van der Waals surface area contributed by atoms with E-state index in [1.807, 2.05) is 12.1 Å². The van der Waals surface area contributed by atoms with Gasteiger partial charge in [0, 0.05) is 12.7 Å². The van der Waals surface area contributed by atoms with Crippen molar-refractivity contribution in [2.24, 2.45) is 0 Å². The highest BCUT2D eigenvalue weighted by molar-refractivity contribution is 5.85. The minimum Gasteiger partial charge on any atom is -0.396 e. The van der Waals surface area contributed by atoms with Gasteiger partial charge in [0.15, 0.2) is 0 Å². The molecule has 1 heterocycles. The standard InChI is InChI=1S/C16H15N3/c17-15-9-4-10-18-16(15)19-11-13-7-3-6-12-5-1-2-8-14(12)13/h1-10H,11,17H2,(H,18,19). The van der Waals surface area contributed by atoms with Gasteiger partial charge in [0.25, 0.3) is 0 Å². The second-order valence-corrected chi connectivity index (χ2v) is 4.43. The first-order valence-corrected chi connectivity index (χ1v) is 6.25. The highest BCUT2D eigenvalue weighted by Gasteiger charge is 2.02. The number of benzene rings is 2. The molecule has 0 bridgehead atoms. The number of rotatable bonds is 3. The predicted molar refractivity (Wildman–Crippen MR) is 79.9 cm³/mol. The third kappa shape index (κ3) is 2.36. The van der Waals surface area contributed by atoms with Gasteiger partial charge in [-0.3, -0.25) is 0 Å². The Hall–Kier alpha value is -2.55. The van der Waals surface area contributed by atoms with Gasteiger partial charge in [0.1, 0.15) is 5.82 Å². The largest absolute Gasteiger partial charge is 0.396 e. The van der Waals surface area contributed by atoms with Crippen molar-refractivity contribution in [2.45, 2.75) is 6.54 Å². The lowest BCUT2D eigenvalue weighted by atomic mass is 10.0. The van der Waals surface area contributed by atoms with Crippen LogP contribution in [0.15, 0.2) is 60.8 Å². The van der Waals surface area contributed by atoms with E-state index in [9.17, 15) is 0 Å². The van der Waals surface area contributed by atoms with Crippen LogP contribution in [0.4, 0.5) is 11.5 Å².